The van der Waals surface area contributed by atoms with Crippen LogP contribution in [0.25, 0.3) is 0 Å². The molecule has 15 heavy (non-hydrogen) atoms. The van der Waals surface area contributed by atoms with Gasteiger partial charge >= 0.3 is 0 Å². The number of aromatic nitrogens is 2. The Labute approximate surface area is 87.7 Å². The molecule has 0 aliphatic carbocycles. The molecule has 2 rings (SSSR count). The van der Waals surface area contributed by atoms with Gasteiger partial charge in [0.25, 0.3) is 0 Å². The molecule has 0 fully saturated rings. The second-order valence-electron chi connectivity index (χ2n) is 3.12. The van der Waals surface area contributed by atoms with Crippen molar-refractivity contribution in [2.75, 3.05) is 12.1 Å². The molecule has 4 nitrogen and oxygen atoms in total. The van der Waals surface area contributed by atoms with E-state index in [1.807, 2.05) is 36.5 Å². The van der Waals surface area contributed by atoms with Crippen LogP contribution in [0.5, 0.6) is 0 Å². The molecule has 0 aliphatic rings. The molecule has 0 radical (unpaired) electrons. The second kappa shape index (κ2) is 3.96. The van der Waals surface area contributed by atoms with Crippen LogP contribution in [0.3, 0.4) is 0 Å². The van der Waals surface area contributed by atoms with E-state index >= 15 is 0 Å². The number of hydrogen-bond donors (Lipinski definition) is 0. The molecule has 0 spiro atoms. The van der Waals surface area contributed by atoms with Crippen molar-refractivity contribution in [2.45, 2.75) is 0 Å². The molecule has 0 aromatic carbocycles. The van der Waals surface area contributed by atoms with Crippen LogP contribution in [-0.4, -0.2) is 23.0 Å². The zero-order valence-electron chi connectivity index (χ0n) is 8.37. The number of rotatable bonds is 3. The minimum atomic E-state index is 0.620. The standard InChI is InChI=1S/C11H11N3O/c1-13(10-4-6-12-7-5-10)14-8-2-3-11(14)9-15/h2-9H,1H3. The summed E-state index contributed by atoms with van der Waals surface area (Å²) in [6.45, 7) is 0. The van der Waals surface area contributed by atoms with Gasteiger partial charge in [0.05, 0.1) is 5.69 Å². The van der Waals surface area contributed by atoms with E-state index in [1.165, 1.54) is 0 Å². The van der Waals surface area contributed by atoms with Crippen molar-refractivity contribution in [3.63, 3.8) is 0 Å². The van der Waals surface area contributed by atoms with Crippen LogP contribution >= 0.6 is 0 Å². The maximum Gasteiger partial charge on any atom is 0.168 e. The molecule has 2 heterocycles. The van der Waals surface area contributed by atoms with Crippen LogP contribution in [0.1, 0.15) is 10.5 Å². The summed E-state index contributed by atoms with van der Waals surface area (Å²) in [6.07, 6.45) is 6.10. The lowest BCUT2D eigenvalue weighted by atomic mass is 10.4. The number of carbonyl (C=O) groups is 1. The van der Waals surface area contributed by atoms with Crippen LogP contribution in [0.2, 0.25) is 0 Å². The average Bonchev–Trinajstić information content (AvgIpc) is 2.77. The first-order valence-corrected chi connectivity index (χ1v) is 4.59. The van der Waals surface area contributed by atoms with Crippen LogP contribution in [0, 0.1) is 0 Å². The SMILES string of the molecule is CN(c1ccncc1)n1cccc1C=O. The zero-order valence-corrected chi connectivity index (χ0v) is 8.37. The van der Waals surface area contributed by atoms with Gasteiger partial charge in [-0.25, -0.2) is 0 Å². The fourth-order valence-electron chi connectivity index (χ4n) is 1.44. The van der Waals surface area contributed by atoms with Crippen molar-refractivity contribution in [3.8, 4) is 0 Å². The third-order valence-corrected chi connectivity index (χ3v) is 2.24. The maximum absolute atomic E-state index is 10.8. The molecular formula is C11H11N3O. The van der Waals surface area contributed by atoms with E-state index in [0.29, 0.717) is 5.69 Å². The van der Waals surface area contributed by atoms with Gasteiger partial charge in [0, 0.05) is 25.6 Å². The summed E-state index contributed by atoms with van der Waals surface area (Å²) < 4.78 is 1.78. The molecule has 0 bridgehead atoms. The second-order valence-corrected chi connectivity index (χ2v) is 3.12. The van der Waals surface area contributed by atoms with Crippen molar-refractivity contribution in [3.05, 3.63) is 48.5 Å². The van der Waals surface area contributed by atoms with Crippen molar-refractivity contribution < 1.29 is 4.79 Å². The third kappa shape index (κ3) is 1.74. The predicted octanol–water partition coefficient (Wildman–Crippen LogP) is 1.60. The number of hydrogen-bond acceptors (Lipinski definition) is 3. The predicted molar refractivity (Wildman–Crippen MR) is 57.9 cm³/mol. The highest BCUT2D eigenvalue weighted by Gasteiger charge is 2.05. The minimum Gasteiger partial charge on any atom is -0.296 e. The first kappa shape index (κ1) is 9.45. The summed E-state index contributed by atoms with van der Waals surface area (Å²) in [5.41, 5.74) is 1.60. The van der Waals surface area contributed by atoms with Crippen molar-refractivity contribution in [1.82, 2.24) is 9.66 Å². The summed E-state index contributed by atoms with van der Waals surface area (Å²) in [5.74, 6) is 0. The number of nitrogens with zero attached hydrogens (tertiary/aromatic N) is 3. The number of carbonyl (C=O) groups excluding carboxylic acids is 1. The maximum atomic E-state index is 10.8. The molecule has 2 aromatic heterocycles. The average molecular weight is 201 g/mol. The Hall–Kier alpha value is -2.10. The van der Waals surface area contributed by atoms with Gasteiger partial charge in [0.2, 0.25) is 0 Å². The zero-order chi connectivity index (χ0) is 10.7. The van der Waals surface area contributed by atoms with E-state index in [1.54, 1.807) is 23.1 Å². The topological polar surface area (TPSA) is 38.1 Å². The van der Waals surface area contributed by atoms with Gasteiger partial charge in [-0.05, 0) is 24.3 Å². The Morgan fingerprint density at radius 3 is 2.73 bits per heavy atom. The van der Waals surface area contributed by atoms with Gasteiger partial charge in [0.15, 0.2) is 6.29 Å². The molecule has 0 amide bonds. The highest BCUT2D eigenvalue weighted by atomic mass is 16.1. The molecule has 0 saturated carbocycles. The molecule has 4 heteroatoms. The van der Waals surface area contributed by atoms with Crippen molar-refractivity contribution >= 4 is 12.0 Å². The van der Waals surface area contributed by atoms with Crippen LogP contribution in [0.15, 0.2) is 42.9 Å². The van der Waals surface area contributed by atoms with Gasteiger partial charge in [-0.3, -0.25) is 19.5 Å². The van der Waals surface area contributed by atoms with Gasteiger partial charge in [-0.15, -0.1) is 0 Å². The van der Waals surface area contributed by atoms with Gasteiger partial charge in [-0.1, -0.05) is 0 Å². The Kier molecular flexibility index (Phi) is 2.49. The molecule has 0 unspecified atom stereocenters. The third-order valence-electron chi connectivity index (χ3n) is 2.24. The summed E-state index contributed by atoms with van der Waals surface area (Å²) in [5, 5.41) is 1.88. The van der Waals surface area contributed by atoms with E-state index < -0.39 is 0 Å². The first-order chi connectivity index (χ1) is 7.33. The lowest BCUT2D eigenvalue weighted by molar-refractivity contribution is 0.111. The highest BCUT2D eigenvalue weighted by molar-refractivity contribution is 5.73. The first-order valence-electron chi connectivity index (χ1n) is 4.59. The number of aldehydes is 1. The summed E-state index contributed by atoms with van der Waals surface area (Å²) >= 11 is 0. The van der Waals surface area contributed by atoms with Crippen molar-refractivity contribution in [1.29, 1.82) is 0 Å². The lowest BCUT2D eigenvalue weighted by Crippen LogP contribution is -2.25. The smallest absolute Gasteiger partial charge is 0.168 e. The van der Waals surface area contributed by atoms with Gasteiger partial charge < -0.3 is 0 Å². The van der Waals surface area contributed by atoms with Crippen LogP contribution in [-0.2, 0) is 0 Å². The van der Waals surface area contributed by atoms with Crippen molar-refractivity contribution in [2.24, 2.45) is 0 Å². The summed E-state index contributed by atoms with van der Waals surface area (Å²) in [6, 6.07) is 7.37. The summed E-state index contributed by atoms with van der Waals surface area (Å²) in [4.78, 5) is 14.7. The fraction of sp³-hybridized carbons (Fsp3) is 0.0909. The monoisotopic (exact) mass is 201 g/mol. The van der Waals surface area contributed by atoms with E-state index in [-0.39, 0.29) is 0 Å². The van der Waals surface area contributed by atoms with Gasteiger partial charge in [-0.2, -0.15) is 0 Å². The molecule has 0 atom stereocenters. The van der Waals surface area contributed by atoms with E-state index in [2.05, 4.69) is 4.98 Å². The Morgan fingerprint density at radius 1 is 1.33 bits per heavy atom. The Balaban J connectivity index is 2.36. The van der Waals surface area contributed by atoms with E-state index in [9.17, 15) is 4.79 Å². The quantitative estimate of drug-likeness (QED) is 0.708. The van der Waals surface area contributed by atoms with E-state index in [4.69, 9.17) is 0 Å². The Morgan fingerprint density at radius 2 is 2.07 bits per heavy atom. The molecule has 0 saturated heterocycles. The molecule has 76 valence electrons. The fourth-order valence-corrected chi connectivity index (χ4v) is 1.44. The largest absolute Gasteiger partial charge is 0.296 e. The van der Waals surface area contributed by atoms with E-state index in [0.717, 1.165) is 12.0 Å². The normalized spacial score (nSPS) is 9.93. The molecule has 0 aliphatic heterocycles. The highest BCUT2D eigenvalue weighted by Crippen LogP contribution is 2.12. The van der Waals surface area contributed by atoms with Gasteiger partial charge in [0.1, 0.15) is 5.69 Å². The number of pyridine rings is 1. The Bertz CT molecular complexity index is 450. The molecule has 0 N–H and O–H groups in total. The lowest BCUT2D eigenvalue weighted by Gasteiger charge is -2.21. The van der Waals surface area contributed by atoms with Crippen LogP contribution in [0.4, 0.5) is 5.69 Å². The minimum absolute atomic E-state index is 0.620. The summed E-state index contributed by atoms with van der Waals surface area (Å²) in [7, 11) is 1.89. The molecular weight excluding hydrogens is 190 g/mol. The van der Waals surface area contributed by atoms with Crippen LogP contribution < -0.4 is 5.01 Å². The molecule has 2 aromatic rings. The number of anilines is 1.